The van der Waals surface area contributed by atoms with Gasteiger partial charge in [0.1, 0.15) is 47.1 Å². The van der Waals surface area contributed by atoms with Crippen molar-refractivity contribution >= 4 is 11.6 Å². The molecule has 1 fully saturated rings. The summed E-state index contributed by atoms with van der Waals surface area (Å²) in [6, 6.07) is 3.14. The van der Waals surface area contributed by atoms with Crippen LogP contribution in [0.3, 0.4) is 0 Å². The first-order valence-electron chi connectivity index (χ1n) is 10.8. The summed E-state index contributed by atoms with van der Waals surface area (Å²) in [7, 11) is 1.41. The van der Waals surface area contributed by atoms with Gasteiger partial charge in [-0.05, 0) is 26.0 Å². The van der Waals surface area contributed by atoms with E-state index in [2.05, 4.69) is 15.5 Å². The lowest BCUT2D eigenvalue weighted by Crippen LogP contribution is -2.57. The van der Waals surface area contributed by atoms with Crippen LogP contribution in [-0.4, -0.2) is 73.6 Å². The lowest BCUT2D eigenvalue weighted by atomic mass is 9.90. The van der Waals surface area contributed by atoms with E-state index < -0.39 is 54.3 Å². The molecule has 3 heterocycles. The topological polar surface area (TPSA) is 136 Å². The number of benzene rings is 1. The number of halogens is 3. The van der Waals surface area contributed by atoms with Crippen LogP contribution in [0.15, 0.2) is 28.9 Å². The average Bonchev–Trinajstić information content (AvgIpc) is 3.48. The molecule has 190 valence electrons. The summed E-state index contributed by atoms with van der Waals surface area (Å²) in [4.78, 5) is 0. The molecule has 1 aliphatic heterocycles. The predicted molar refractivity (Wildman–Crippen MR) is 117 cm³/mol. The Morgan fingerprint density at radius 1 is 1.23 bits per heavy atom. The maximum atomic E-state index is 14.4. The van der Waals surface area contributed by atoms with Gasteiger partial charge in [-0.2, -0.15) is 0 Å². The highest BCUT2D eigenvalue weighted by Crippen LogP contribution is 2.35. The molecular weight excluding hydrogens is 490 g/mol. The zero-order valence-electron chi connectivity index (χ0n) is 19.1. The first kappa shape index (κ1) is 25.6. The van der Waals surface area contributed by atoms with E-state index in [1.54, 1.807) is 19.9 Å². The second-order valence-corrected chi connectivity index (χ2v) is 9.23. The Morgan fingerprint density at radius 3 is 2.60 bits per heavy atom. The Morgan fingerprint density at radius 2 is 1.97 bits per heavy atom. The smallest absolute Gasteiger partial charge is 0.178 e. The van der Waals surface area contributed by atoms with Crippen LogP contribution in [0.2, 0.25) is 5.02 Å². The van der Waals surface area contributed by atoms with E-state index in [9.17, 15) is 24.1 Å². The molecule has 4 rings (SSSR count). The fourth-order valence-electron chi connectivity index (χ4n) is 4.10. The van der Waals surface area contributed by atoms with Gasteiger partial charge in [0.25, 0.3) is 0 Å². The highest BCUT2D eigenvalue weighted by Gasteiger charge is 2.47. The van der Waals surface area contributed by atoms with Gasteiger partial charge >= 0.3 is 0 Å². The highest BCUT2D eigenvalue weighted by molar-refractivity contribution is 6.30. The van der Waals surface area contributed by atoms with E-state index in [0.29, 0.717) is 11.5 Å². The van der Waals surface area contributed by atoms with E-state index in [-0.39, 0.29) is 22.7 Å². The molecule has 3 N–H and O–H groups in total. The molecule has 1 aromatic carbocycles. The molecule has 35 heavy (non-hydrogen) atoms. The molecule has 2 aromatic heterocycles. The van der Waals surface area contributed by atoms with Gasteiger partial charge in [0.15, 0.2) is 11.6 Å². The minimum absolute atomic E-state index is 0.00811. The number of methoxy groups -OCH3 is 1. The van der Waals surface area contributed by atoms with Crippen LogP contribution >= 0.6 is 11.6 Å². The highest BCUT2D eigenvalue weighted by atomic mass is 35.5. The number of aromatic nitrogens is 4. The third-order valence-corrected chi connectivity index (χ3v) is 6.24. The Kier molecular flexibility index (Phi) is 7.23. The maximum absolute atomic E-state index is 14.4. The van der Waals surface area contributed by atoms with Gasteiger partial charge in [-0.1, -0.05) is 22.0 Å². The molecule has 10 nitrogen and oxygen atoms in total. The van der Waals surface area contributed by atoms with Crippen LogP contribution in [0.1, 0.15) is 31.3 Å². The molecule has 0 aliphatic carbocycles. The zero-order chi connectivity index (χ0) is 25.5. The molecule has 13 heteroatoms. The van der Waals surface area contributed by atoms with E-state index in [1.807, 2.05) is 0 Å². The van der Waals surface area contributed by atoms with Crippen LogP contribution in [0.5, 0.6) is 0 Å². The Hall–Kier alpha value is -2.48. The maximum Gasteiger partial charge on any atom is 0.178 e. The second-order valence-electron chi connectivity index (χ2n) is 8.83. The Labute approximate surface area is 204 Å². The second kappa shape index (κ2) is 9.88. The summed E-state index contributed by atoms with van der Waals surface area (Å²) in [5.41, 5.74) is -1.04. The number of ether oxygens (including phenoxy) is 2. The minimum atomic E-state index is -1.27. The van der Waals surface area contributed by atoms with Gasteiger partial charge in [0.05, 0.1) is 23.9 Å². The molecule has 0 radical (unpaired) electrons. The average molecular weight is 515 g/mol. The summed E-state index contributed by atoms with van der Waals surface area (Å²) in [6.07, 6.45) is -2.35. The summed E-state index contributed by atoms with van der Waals surface area (Å²) >= 11 is 5.63. The summed E-state index contributed by atoms with van der Waals surface area (Å²) in [5.74, 6) is -2.00. The van der Waals surface area contributed by atoms with Crippen molar-refractivity contribution in [1.82, 2.24) is 20.2 Å². The Balaban J connectivity index is 1.66. The van der Waals surface area contributed by atoms with Gasteiger partial charge in [-0.3, -0.25) is 0 Å². The lowest BCUT2D eigenvalue weighted by molar-refractivity contribution is -0.212. The van der Waals surface area contributed by atoms with Crippen molar-refractivity contribution in [1.29, 1.82) is 0 Å². The number of aliphatic hydroxyl groups is 3. The lowest BCUT2D eigenvalue weighted by Gasteiger charge is -2.43. The molecule has 0 unspecified atom stereocenters. The molecule has 0 spiro atoms. The molecule has 0 bridgehead atoms. The number of hydrogen-bond donors (Lipinski definition) is 3. The summed E-state index contributed by atoms with van der Waals surface area (Å²) in [6.45, 7) is 2.62. The SMILES string of the molecule is CO[C@@H]1[C@@H](n2cc(-c3ccc(Cl)c(F)c3F)nn2)[C@@H](O)[C@@H](CO)O[C@@H]1Cc1cc(C(C)(C)O)no1. The molecule has 0 amide bonds. The Bertz CT molecular complexity index is 1180. The normalized spacial score (nSPS) is 25.2. The number of nitrogens with zero attached hydrogens (tertiary/aromatic N) is 4. The molecule has 0 saturated carbocycles. The van der Waals surface area contributed by atoms with Crippen LogP contribution in [0.25, 0.3) is 11.3 Å². The van der Waals surface area contributed by atoms with Crippen molar-refractivity contribution in [2.24, 2.45) is 0 Å². The fraction of sp³-hybridized carbons (Fsp3) is 0.500. The van der Waals surface area contributed by atoms with E-state index in [1.165, 1.54) is 30.1 Å². The summed E-state index contributed by atoms with van der Waals surface area (Å²) < 4.78 is 46.5. The van der Waals surface area contributed by atoms with Crippen molar-refractivity contribution in [3.8, 4) is 11.3 Å². The number of hydrogen-bond acceptors (Lipinski definition) is 9. The van der Waals surface area contributed by atoms with Crippen molar-refractivity contribution in [2.75, 3.05) is 13.7 Å². The van der Waals surface area contributed by atoms with Gasteiger partial charge in [0, 0.05) is 25.2 Å². The van der Waals surface area contributed by atoms with Crippen molar-refractivity contribution in [3.63, 3.8) is 0 Å². The first-order valence-corrected chi connectivity index (χ1v) is 11.1. The molecule has 3 aromatic rings. The van der Waals surface area contributed by atoms with Gasteiger partial charge in [0.2, 0.25) is 0 Å². The predicted octanol–water partition coefficient (Wildman–Crippen LogP) is 2.01. The monoisotopic (exact) mass is 514 g/mol. The number of rotatable bonds is 7. The first-order chi connectivity index (χ1) is 16.5. The van der Waals surface area contributed by atoms with Crippen molar-refractivity contribution < 1.29 is 38.1 Å². The van der Waals surface area contributed by atoms with E-state index >= 15 is 0 Å². The van der Waals surface area contributed by atoms with Gasteiger partial charge < -0.3 is 29.3 Å². The van der Waals surface area contributed by atoms with Crippen molar-refractivity contribution in [2.45, 2.75) is 56.3 Å². The van der Waals surface area contributed by atoms with Crippen LogP contribution in [-0.2, 0) is 21.5 Å². The molecule has 5 atom stereocenters. The largest absolute Gasteiger partial charge is 0.394 e. The summed E-state index contributed by atoms with van der Waals surface area (Å²) in [5, 5.41) is 42.3. The minimum Gasteiger partial charge on any atom is -0.394 e. The fourth-order valence-corrected chi connectivity index (χ4v) is 4.24. The zero-order valence-corrected chi connectivity index (χ0v) is 19.9. The van der Waals surface area contributed by atoms with Gasteiger partial charge in [-0.15, -0.1) is 5.10 Å². The van der Waals surface area contributed by atoms with Gasteiger partial charge in [-0.25, -0.2) is 13.5 Å². The van der Waals surface area contributed by atoms with E-state index in [4.69, 9.17) is 25.6 Å². The molecular formula is C22H25ClF2N4O6. The molecule has 1 aliphatic rings. The van der Waals surface area contributed by atoms with Crippen LogP contribution in [0, 0.1) is 11.6 Å². The van der Waals surface area contributed by atoms with E-state index in [0.717, 1.165) is 0 Å². The van der Waals surface area contributed by atoms with Crippen LogP contribution < -0.4 is 0 Å². The van der Waals surface area contributed by atoms with Crippen LogP contribution in [0.4, 0.5) is 8.78 Å². The number of aliphatic hydroxyl groups excluding tert-OH is 2. The van der Waals surface area contributed by atoms with Crippen molar-refractivity contribution in [3.05, 3.63) is 52.5 Å². The molecule has 1 saturated heterocycles. The quantitative estimate of drug-likeness (QED) is 0.404. The third-order valence-electron chi connectivity index (χ3n) is 5.95. The standard InChI is InChI=1S/C22H25ClF2N4O6/c1-22(2,32)16-7-10(35-27-16)6-14-21(33-3)19(20(31)15(9-30)34-14)29-8-13(26-28-29)11-4-5-12(23)18(25)17(11)24/h4-5,7-8,14-15,19-21,30-32H,6,9H2,1-3H3/t14-,15-,19+,20+,21+/m1/s1. The third kappa shape index (κ3) is 4.95.